The van der Waals surface area contributed by atoms with Crippen LogP contribution in [0, 0.1) is 0 Å². The number of ether oxygens (including phenoxy) is 1. The molecular formula is C13H19BrN2O2. The summed E-state index contributed by atoms with van der Waals surface area (Å²) in [6.07, 6.45) is 0. The topological polar surface area (TPSA) is 50.4 Å². The first-order valence-corrected chi connectivity index (χ1v) is 6.75. The van der Waals surface area contributed by atoms with Gasteiger partial charge in [0.05, 0.1) is 6.54 Å². The Bertz CT molecular complexity index is 383. The molecule has 0 aliphatic rings. The molecular weight excluding hydrogens is 296 g/mol. The fraction of sp³-hybridized carbons (Fsp3) is 0.462. The molecule has 1 rings (SSSR count). The molecule has 18 heavy (non-hydrogen) atoms. The molecule has 0 fully saturated rings. The van der Waals surface area contributed by atoms with Gasteiger partial charge in [-0.05, 0) is 32.0 Å². The molecule has 0 aliphatic heterocycles. The van der Waals surface area contributed by atoms with E-state index in [-0.39, 0.29) is 11.9 Å². The SMILES string of the molecule is CC(C)NC(=O)CNCCOc1cccc(Br)c1. The van der Waals surface area contributed by atoms with Gasteiger partial charge in [0.1, 0.15) is 12.4 Å². The standard InChI is InChI=1S/C13H19BrN2O2/c1-10(2)16-13(17)9-15-6-7-18-12-5-3-4-11(14)8-12/h3-5,8,10,15H,6-7,9H2,1-2H3,(H,16,17). The lowest BCUT2D eigenvalue weighted by molar-refractivity contribution is -0.120. The van der Waals surface area contributed by atoms with Crippen molar-refractivity contribution >= 4 is 21.8 Å². The summed E-state index contributed by atoms with van der Waals surface area (Å²) in [5.74, 6) is 0.824. The first kappa shape index (κ1) is 15.0. The van der Waals surface area contributed by atoms with Crippen LogP contribution in [0.1, 0.15) is 13.8 Å². The minimum Gasteiger partial charge on any atom is -0.492 e. The number of nitrogens with one attached hydrogen (secondary N) is 2. The normalized spacial score (nSPS) is 10.4. The zero-order valence-corrected chi connectivity index (χ0v) is 12.3. The van der Waals surface area contributed by atoms with E-state index in [1.54, 1.807) is 0 Å². The molecule has 2 N–H and O–H groups in total. The van der Waals surface area contributed by atoms with Gasteiger partial charge in [0.15, 0.2) is 0 Å². The van der Waals surface area contributed by atoms with E-state index in [1.165, 1.54) is 0 Å². The van der Waals surface area contributed by atoms with Gasteiger partial charge >= 0.3 is 0 Å². The van der Waals surface area contributed by atoms with E-state index in [0.717, 1.165) is 10.2 Å². The molecule has 0 unspecified atom stereocenters. The molecule has 1 aromatic carbocycles. The van der Waals surface area contributed by atoms with Crippen molar-refractivity contribution in [2.75, 3.05) is 19.7 Å². The minimum absolute atomic E-state index is 0.00690. The summed E-state index contributed by atoms with van der Waals surface area (Å²) in [6.45, 7) is 5.37. The molecule has 100 valence electrons. The lowest BCUT2D eigenvalue weighted by Gasteiger charge is -2.10. The average Bonchev–Trinajstić information content (AvgIpc) is 2.27. The second-order valence-electron chi connectivity index (χ2n) is 4.20. The summed E-state index contributed by atoms with van der Waals surface area (Å²) < 4.78 is 6.52. The Labute approximate surface area is 116 Å². The van der Waals surface area contributed by atoms with E-state index in [2.05, 4.69) is 26.6 Å². The lowest BCUT2D eigenvalue weighted by atomic mass is 10.3. The van der Waals surface area contributed by atoms with E-state index in [4.69, 9.17) is 4.74 Å². The predicted octanol–water partition coefficient (Wildman–Crippen LogP) is 1.94. The fourth-order valence-electron chi connectivity index (χ4n) is 1.37. The number of hydrogen-bond donors (Lipinski definition) is 2. The van der Waals surface area contributed by atoms with Gasteiger partial charge < -0.3 is 15.4 Å². The maximum atomic E-state index is 11.3. The van der Waals surface area contributed by atoms with Crippen LogP contribution in [0.25, 0.3) is 0 Å². The molecule has 0 aromatic heterocycles. The molecule has 5 heteroatoms. The van der Waals surface area contributed by atoms with Crippen LogP contribution < -0.4 is 15.4 Å². The number of carbonyl (C=O) groups excluding carboxylic acids is 1. The molecule has 0 aliphatic carbocycles. The zero-order valence-electron chi connectivity index (χ0n) is 10.7. The van der Waals surface area contributed by atoms with Crippen molar-refractivity contribution in [2.24, 2.45) is 0 Å². The quantitative estimate of drug-likeness (QED) is 0.756. The first-order valence-electron chi connectivity index (χ1n) is 5.96. The summed E-state index contributed by atoms with van der Waals surface area (Å²) >= 11 is 3.38. The van der Waals surface area contributed by atoms with Crippen LogP contribution in [0.4, 0.5) is 0 Å². The summed E-state index contributed by atoms with van der Waals surface area (Å²) in [7, 11) is 0. The molecule has 1 amide bonds. The lowest BCUT2D eigenvalue weighted by Crippen LogP contribution is -2.38. The van der Waals surface area contributed by atoms with Gasteiger partial charge in [-0.3, -0.25) is 4.79 Å². The molecule has 0 bridgehead atoms. The Hall–Kier alpha value is -1.07. The third-order valence-electron chi connectivity index (χ3n) is 2.08. The van der Waals surface area contributed by atoms with Crippen molar-refractivity contribution in [2.45, 2.75) is 19.9 Å². The monoisotopic (exact) mass is 314 g/mol. The maximum Gasteiger partial charge on any atom is 0.234 e. The largest absolute Gasteiger partial charge is 0.492 e. The van der Waals surface area contributed by atoms with Crippen molar-refractivity contribution in [1.82, 2.24) is 10.6 Å². The van der Waals surface area contributed by atoms with Crippen LogP contribution >= 0.6 is 15.9 Å². The van der Waals surface area contributed by atoms with E-state index < -0.39 is 0 Å². The van der Waals surface area contributed by atoms with Crippen molar-refractivity contribution < 1.29 is 9.53 Å². The van der Waals surface area contributed by atoms with Crippen LogP contribution in [-0.2, 0) is 4.79 Å². The smallest absolute Gasteiger partial charge is 0.234 e. The van der Waals surface area contributed by atoms with E-state index in [1.807, 2.05) is 38.1 Å². The molecule has 0 saturated heterocycles. The average molecular weight is 315 g/mol. The Morgan fingerprint density at radius 1 is 1.44 bits per heavy atom. The van der Waals surface area contributed by atoms with E-state index in [9.17, 15) is 4.79 Å². The number of amides is 1. The molecule has 4 nitrogen and oxygen atoms in total. The van der Waals surface area contributed by atoms with Crippen molar-refractivity contribution in [3.8, 4) is 5.75 Å². The third kappa shape index (κ3) is 6.61. The highest BCUT2D eigenvalue weighted by molar-refractivity contribution is 9.10. The fourth-order valence-corrected chi connectivity index (χ4v) is 1.75. The maximum absolute atomic E-state index is 11.3. The molecule has 0 spiro atoms. The third-order valence-corrected chi connectivity index (χ3v) is 2.57. The highest BCUT2D eigenvalue weighted by atomic mass is 79.9. The van der Waals surface area contributed by atoms with Crippen LogP contribution in [-0.4, -0.2) is 31.6 Å². The Balaban J connectivity index is 2.10. The van der Waals surface area contributed by atoms with Crippen LogP contribution in [0.3, 0.4) is 0 Å². The van der Waals surface area contributed by atoms with Gasteiger partial charge in [-0.2, -0.15) is 0 Å². The molecule has 0 radical (unpaired) electrons. The van der Waals surface area contributed by atoms with E-state index in [0.29, 0.717) is 19.7 Å². The van der Waals surface area contributed by atoms with Gasteiger partial charge in [0.25, 0.3) is 0 Å². The number of carbonyl (C=O) groups is 1. The summed E-state index contributed by atoms with van der Waals surface area (Å²) in [5.41, 5.74) is 0. The number of halogens is 1. The molecule has 0 heterocycles. The van der Waals surface area contributed by atoms with Gasteiger partial charge in [0.2, 0.25) is 5.91 Å². The van der Waals surface area contributed by atoms with Crippen LogP contribution in [0.2, 0.25) is 0 Å². The van der Waals surface area contributed by atoms with Crippen LogP contribution in [0.15, 0.2) is 28.7 Å². The highest BCUT2D eigenvalue weighted by Gasteiger charge is 2.01. The van der Waals surface area contributed by atoms with Gasteiger partial charge in [-0.15, -0.1) is 0 Å². The summed E-state index contributed by atoms with van der Waals surface area (Å²) in [4.78, 5) is 11.3. The first-order chi connectivity index (χ1) is 8.58. The summed E-state index contributed by atoms with van der Waals surface area (Å²) in [5, 5.41) is 5.84. The minimum atomic E-state index is 0.00690. The number of hydrogen-bond acceptors (Lipinski definition) is 3. The van der Waals surface area contributed by atoms with Crippen LogP contribution in [0.5, 0.6) is 5.75 Å². The molecule has 0 saturated carbocycles. The predicted molar refractivity (Wildman–Crippen MR) is 75.8 cm³/mol. The Kier molecular flexibility index (Phi) is 6.75. The molecule has 0 atom stereocenters. The molecule has 1 aromatic rings. The van der Waals surface area contributed by atoms with Gasteiger partial charge in [-0.25, -0.2) is 0 Å². The Morgan fingerprint density at radius 3 is 2.89 bits per heavy atom. The zero-order chi connectivity index (χ0) is 13.4. The highest BCUT2D eigenvalue weighted by Crippen LogP contribution is 2.17. The van der Waals surface area contributed by atoms with Crippen molar-refractivity contribution in [1.29, 1.82) is 0 Å². The summed E-state index contributed by atoms with van der Waals surface area (Å²) in [6, 6.07) is 7.85. The number of rotatable bonds is 7. The Morgan fingerprint density at radius 2 is 2.22 bits per heavy atom. The van der Waals surface area contributed by atoms with Crippen molar-refractivity contribution in [3.05, 3.63) is 28.7 Å². The van der Waals surface area contributed by atoms with Gasteiger partial charge in [0, 0.05) is 17.1 Å². The van der Waals surface area contributed by atoms with Gasteiger partial charge in [-0.1, -0.05) is 22.0 Å². The number of benzene rings is 1. The van der Waals surface area contributed by atoms with E-state index >= 15 is 0 Å². The van der Waals surface area contributed by atoms with Crippen molar-refractivity contribution in [3.63, 3.8) is 0 Å². The second kappa shape index (κ2) is 8.11. The second-order valence-corrected chi connectivity index (χ2v) is 5.12.